The third kappa shape index (κ3) is 5.73. The Morgan fingerprint density at radius 2 is 1.65 bits per heavy atom. The third-order valence-corrected chi connectivity index (χ3v) is 5.15. The van der Waals surface area contributed by atoms with E-state index in [2.05, 4.69) is 27.7 Å². The highest BCUT2D eigenvalue weighted by molar-refractivity contribution is 4.91. The third-order valence-electron chi connectivity index (χ3n) is 5.15. The average Bonchev–Trinajstić information content (AvgIpc) is 2.42. The van der Waals surface area contributed by atoms with Gasteiger partial charge in [-0.3, -0.25) is 0 Å². The second kappa shape index (κ2) is 8.38. The molecule has 0 atom stereocenters. The Morgan fingerprint density at radius 1 is 1.05 bits per heavy atom. The van der Waals surface area contributed by atoms with Crippen molar-refractivity contribution in [1.29, 1.82) is 0 Å². The molecule has 0 unspecified atom stereocenters. The second-order valence-electron chi connectivity index (χ2n) is 7.79. The van der Waals surface area contributed by atoms with Gasteiger partial charge in [-0.15, -0.1) is 0 Å². The lowest BCUT2D eigenvalue weighted by molar-refractivity contribution is -0.0807. The Bertz CT molecular complexity index is 249. The van der Waals surface area contributed by atoms with Crippen LogP contribution in [-0.2, 0) is 4.74 Å². The van der Waals surface area contributed by atoms with Crippen LogP contribution in [0.25, 0.3) is 0 Å². The molecule has 20 heavy (non-hydrogen) atoms. The molecule has 1 saturated carbocycles. The molecule has 0 amide bonds. The van der Waals surface area contributed by atoms with Crippen LogP contribution in [0.4, 0.5) is 0 Å². The zero-order valence-electron chi connectivity index (χ0n) is 14.3. The molecule has 0 aromatic rings. The van der Waals surface area contributed by atoms with E-state index in [-0.39, 0.29) is 5.60 Å². The van der Waals surface area contributed by atoms with E-state index in [1.54, 1.807) is 0 Å². The fraction of sp³-hybridized carbons (Fsp3) is 1.00. The number of hydrogen-bond donors (Lipinski definition) is 1. The lowest BCUT2D eigenvalue weighted by Crippen LogP contribution is -2.45. The van der Waals surface area contributed by atoms with Crippen molar-refractivity contribution in [3.8, 4) is 0 Å². The van der Waals surface area contributed by atoms with Crippen LogP contribution in [0.15, 0.2) is 0 Å². The average molecular weight is 284 g/mol. The first-order valence-corrected chi connectivity index (χ1v) is 8.77. The first kappa shape index (κ1) is 18.0. The molecule has 1 aliphatic carbocycles. The Labute approximate surface area is 126 Å². The van der Waals surface area contributed by atoms with Gasteiger partial charge >= 0.3 is 0 Å². The quantitative estimate of drug-likeness (QED) is 0.643. The topological polar surface area (TPSA) is 35.2 Å². The van der Waals surface area contributed by atoms with E-state index in [1.807, 2.05) is 0 Å². The van der Waals surface area contributed by atoms with Crippen LogP contribution in [0.1, 0.15) is 85.5 Å². The predicted octanol–water partition coefficient (Wildman–Crippen LogP) is 4.91. The van der Waals surface area contributed by atoms with Gasteiger partial charge in [-0.25, -0.2) is 0 Å². The minimum atomic E-state index is -0.00743. The molecule has 0 saturated heterocycles. The van der Waals surface area contributed by atoms with Crippen LogP contribution < -0.4 is 5.73 Å². The smallest absolute Gasteiger partial charge is 0.0804 e. The summed E-state index contributed by atoms with van der Waals surface area (Å²) in [6, 6.07) is 0. The zero-order chi connectivity index (χ0) is 15.1. The second-order valence-corrected chi connectivity index (χ2v) is 7.79. The van der Waals surface area contributed by atoms with Gasteiger partial charge in [0, 0.05) is 13.2 Å². The van der Waals surface area contributed by atoms with Crippen molar-refractivity contribution in [2.24, 2.45) is 17.1 Å². The van der Waals surface area contributed by atoms with Crippen LogP contribution in [0, 0.1) is 11.3 Å². The van der Waals surface area contributed by atoms with Crippen LogP contribution in [0.5, 0.6) is 0 Å². The van der Waals surface area contributed by atoms with E-state index < -0.39 is 0 Å². The van der Waals surface area contributed by atoms with Crippen molar-refractivity contribution in [1.82, 2.24) is 0 Å². The number of hydrogen-bond acceptors (Lipinski definition) is 2. The highest BCUT2D eigenvalue weighted by Gasteiger charge is 2.38. The molecular formula is C18H37NO. The van der Waals surface area contributed by atoms with E-state index in [0.29, 0.717) is 12.0 Å². The Hall–Kier alpha value is -0.0800. The van der Waals surface area contributed by atoms with Crippen LogP contribution in [0.3, 0.4) is 0 Å². The number of nitrogens with two attached hydrogens (primary N) is 1. The van der Waals surface area contributed by atoms with E-state index in [4.69, 9.17) is 10.5 Å². The van der Waals surface area contributed by atoms with E-state index in [9.17, 15) is 0 Å². The largest absolute Gasteiger partial charge is 0.374 e. The van der Waals surface area contributed by atoms with Crippen molar-refractivity contribution >= 4 is 0 Å². The van der Waals surface area contributed by atoms with Gasteiger partial charge in [-0.05, 0) is 43.4 Å². The summed E-state index contributed by atoms with van der Waals surface area (Å²) in [4.78, 5) is 0. The molecule has 2 heteroatoms. The first-order valence-electron chi connectivity index (χ1n) is 8.77. The standard InChI is InChI=1S/C18H37NO/c1-5-6-7-8-9-14-20-18(15-19)12-10-16(11-13-18)17(2,3)4/h16H,5-15,19H2,1-4H3. The normalized spacial score (nSPS) is 27.8. The number of rotatable bonds is 8. The minimum absolute atomic E-state index is 0.00743. The molecule has 0 aliphatic heterocycles. The predicted molar refractivity (Wildman–Crippen MR) is 87.9 cm³/mol. The Balaban J connectivity index is 2.28. The lowest BCUT2D eigenvalue weighted by atomic mass is 9.68. The molecule has 0 aromatic heterocycles. The molecule has 120 valence electrons. The summed E-state index contributed by atoms with van der Waals surface area (Å²) in [6.45, 7) is 10.9. The van der Waals surface area contributed by atoms with Gasteiger partial charge in [-0.1, -0.05) is 53.4 Å². The van der Waals surface area contributed by atoms with Crippen molar-refractivity contribution in [3.63, 3.8) is 0 Å². The summed E-state index contributed by atoms with van der Waals surface area (Å²) in [5.41, 5.74) is 6.45. The summed E-state index contributed by atoms with van der Waals surface area (Å²) in [5, 5.41) is 0. The van der Waals surface area contributed by atoms with Crippen LogP contribution in [0.2, 0.25) is 0 Å². The maximum atomic E-state index is 6.24. The maximum Gasteiger partial charge on any atom is 0.0804 e. The summed E-state index contributed by atoms with van der Waals surface area (Å²) in [7, 11) is 0. The van der Waals surface area contributed by atoms with Gasteiger partial charge in [-0.2, -0.15) is 0 Å². The van der Waals surface area contributed by atoms with Crippen LogP contribution >= 0.6 is 0 Å². The van der Waals surface area contributed by atoms with Gasteiger partial charge in [0.2, 0.25) is 0 Å². The SMILES string of the molecule is CCCCCCCOC1(CN)CCC(C(C)(C)C)CC1. The lowest BCUT2D eigenvalue weighted by Gasteiger charge is -2.43. The van der Waals surface area contributed by atoms with Gasteiger partial charge in [0.25, 0.3) is 0 Å². The summed E-state index contributed by atoms with van der Waals surface area (Å²) >= 11 is 0. The summed E-state index contributed by atoms with van der Waals surface area (Å²) < 4.78 is 6.24. The van der Waals surface area contributed by atoms with E-state index in [1.165, 1.54) is 44.9 Å². The van der Waals surface area contributed by atoms with E-state index >= 15 is 0 Å². The Morgan fingerprint density at radius 3 is 2.15 bits per heavy atom. The van der Waals surface area contributed by atoms with Crippen molar-refractivity contribution < 1.29 is 4.74 Å². The Kier molecular flexibility index (Phi) is 7.53. The zero-order valence-corrected chi connectivity index (χ0v) is 14.3. The fourth-order valence-corrected chi connectivity index (χ4v) is 3.41. The highest BCUT2D eigenvalue weighted by Crippen LogP contribution is 2.42. The van der Waals surface area contributed by atoms with Gasteiger partial charge in [0.1, 0.15) is 0 Å². The van der Waals surface area contributed by atoms with Gasteiger partial charge < -0.3 is 10.5 Å². The first-order chi connectivity index (χ1) is 9.43. The molecule has 0 spiro atoms. The monoisotopic (exact) mass is 283 g/mol. The molecular weight excluding hydrogens is 246 g/mol. The number of unbranched alkanes of at least 4 members (excludes halogenated alkanes) is 4. The number of ether oxygens (including phenoxy) is 1. The summed E-state index contributed by atoms with van der Waals surface area (Å²) in [6.07, 6.45) is 11.4. The fourth-order valence-electron chi connectivity index (χ4n) is 3.41. The van der Waals surface area contributed by atoms with Crippen molar-refractivity contribution in [2.75, 3.05) is 13.2 Å². The molecule has 1 aliphatic rings. The molecule has 0 bridgehead atoms. The molecule has 0 aromatic carbocycles. The van der Waals surface area contributed by atoms with Crippen LogP contribution in [-0.4, -0.2) is 18.8 Å². The molecule has 1 fully saturated rings. The highest BCUT2D eigenvalue weighted by atomic mass is 16.5. The van der Waals surface area contributed by atoms with Crippen molar-refractivity contribution in [2.45, 2.75) is 91.1 Å². The minimum Gasteiger partial charge on any atom is -0.374 e. The van der Waals surface area contributed by atoms with Crippen molar-refractivity contribution in [3.05, 3.63) is 0 Å². The van der Waals surface area contributed by atoms with E-state index in [0.717, 1.165) is 25.4 Å². The van der Waals surface area contributed by atoms with Gasteiger partial charge in [0.15, 0.2) is 0 Å². The molecule has 2 N–H and O–H groups in total. The molecule has 1 rings (SSSR count). The molecule has 2 nitrogen and oxygen atoms in total. The molecule has 0 radical (unpaired) electrons. The van der Waals surface area contributed by atoms with Gasteiger partial charge in [0.05, 0.1) is 5.60 Å². The maximum absolute atomic E-state index is 6.24. The summed E-state index contributed by atoms with van der Waals surface area (Å²) in [5.74, 6) is 0.829. The molecule has 0 heterocycles.